The van der Waals surface area contributed by atoms with E-state index in [4.69, 9.17) is 5.84 Å². The third-order valence-electron chi connectivity index (χ3n) is 2.28. The number of rotatable bonds is 4. The Kier molecular flexibility index (Phi) is 4.10. The first kappa shape index (κ1) is 13.2. The molecule has 0 saturated carbocycles. The molecule has 0 unspecified atom stereocenters. The number of hydrogen-bond acceptors (Lipinski definition) is 7. The number of nitrogens with zero attached hydrogens (tertiary/aromatic N) is 4. The summed E-state index contributed by atoms with van der Waals surface area (Å²) in [4.78, 5) is 14.7. The molecule has 2 heterocycles. The number of aryl methyl sites for hydroxylation is 1. The smallest absolute Gasteiger partial charge is 0.239 e. The summed E-state index contributed by atoms with van der Waals surface area (Å²) >= 11 is 5.06. The number of anilines is 2. The predicted octanol–water partition coefficient (Wildman–Crippen LogP) is 1.93. The van der Waals surface area contributed by atoms with E-state index in [0.29, 0.717) is 12.5 Å². The number of nitrogen functional groups attached to an aromatic ring is 1. The van der Waals surface area contributed by atoms with Crippen LogP contribution in [0.2, 0.25) is 0 Å². The number of aromatic nitrogens is 3. The van der Waals surface area contributed by atoms with E-state index >= 15 is 0 Å². The fourth-order valence-corrected chi connectivity index (χ4v) is 2.59. The van der Waals surface area contributed by atoms with Gasteiger partial charge < -0.3 is 4.90 Å². The molecule has 2 aromatic rings. The molecule has 0 fully saturated rings. The van der Waals surface area contributed by atoms with Crippen LogP contribution in [0.3, 0.4) is 0 Å². The number of nitrogens with two attached hydrogens (primary N) is 1. The molecule has 0 amide bonds. The van der Waals surface area contributed by atoms with Crippen molar-refractivity contribution in [1.82, 2.24) is 15.0 Å². The summed E-state index contributed by atoms with van der Waals surface area (Å²) in [6.07, 6.45) is 1.67. The van der Waals surface area contributed by atoms with E-state index in [-0.39, 0.29) is 0 Å². The molecule has 3 N–H and O–H groups in total. The molecule has 0 aliphatic carbocycles. The highest BCUT2D eigenvalue weighted by atomic mass is 79.9. The van der Waals surface area contributed by atoms with E-state index in [0.717, 1.165) is 21.0 Å². The van der Waals surface area contributed by atoms with Crippen LogP contribution in [-0.4, -0.2) is 22.0 Å². The van der Waals surface area contributed by atoms with Gasteiger partial charge in [-0.05, 0) is 22.9 Å². The lowest BCUT2D eigenvalue weighted by Gasteiger charge is -2.18. The average molecular weight is 329 g/mol. The molecule has 2 rings (SSSR count). The third-order valence-corrected chi connectivity index (χ3v) is 3.66. The molecule has 0 aromatic carbocycles. The Morgan fingerprint density at radius 3 is 2.89 bits per heavy atom. The normalized spacial score (nSPS) is 10.4. The zero-order chi connectivity index (χ0) is 13.1. The standard InChI is InChI=1S/C10H13BrN6S/c1-6-14-7(5-18-6)4-17(2)9-8(11)3-13-10(15-9)16-12/h3,5H,4,12H2,1-2H3,(H,13,15,16). The second-order valence-corrected chi connectivity index (χ2v) is 5.64. The minimum absolute atomic E-state index is 0.384. The Hall–Kier alpha value is -1.25. The molecule has 0 saturated heterocycles. The molecule has 8 heteroatoms. The van der Waals surface area contributed by atoms with Crippen LogP contribution in [0, 0.1) is 6.92 Å². The van der Waals surface area contributed by atoms with Crippen molar-refractivity contribution in [3.63, 3.8) is 0 Å². The van der Waals surface area contributed by atoms with Crippen molar-refractivity contribution >= 4 is 39.0 Å². The van der Waals surface area contributed by atoms with Gasteiger partial charge in [0.15, 0.2) is 0 Å². The van der Waals surface area contributed by atoms with Gasteiger partial charge in [-0.25, -0.2) is 15.8 Å². The van der Waals surface area contributed by atoms with E-state index in [9.17, 15) is 0 Å². The summed E-state index contributed by atoms with van der Waals surface area (Å²) in [5.41, 5.74) is 3.46. The number of thiazole rings is 1. The number of nitrogens with one attached hydrogen (secondary N) is 1. The Balaban J connectivity index is 2.20. The van der Waals surface area contributed by atoms with E-state index < -0.39 is 0 Å². The van der Waals surface area contributed by atoms with Crippen LogP contribution in [0.5, 0.6) is 0 Å². The van der Waals surface area contributed by atoms with E-state index in [1.54, 1.807) is 17.5 Å². The molecule has 0 radical (unpaired) electrons. The molecule has 0 aliphatic rings. The van der Waals surface area contributed by atoms with Gasteiger partial charge in [0.1, 0.15) is 5.82 Å². The highest BCUT2D eigenvalue weighted by molar-refractivity contribution is 9.10. The van der Waals surface area contributed by atoms with Crippen LogP contribution < -0.4 is 16.2 Å². The first-order valence-corrected chi connectivity index (χ1v) is 6.88. The van der Waals surface area contributed by atoms with Crippen molar-refractivity contribution in [2.45, 2.75) is 13.5 Å². The van der Waals surface area contributed by atoms with Gasteiger partial charge in [-0.1, -0.05) is 0 Å². The Bertz CT molecular complexity index is 543. The molecule has 6 nitrogen and oxygen atoms in total. The minimum atomic E-state index is 0.384. The van der Waals surface area contributed by atoms with E-state index in [1.165, 1.54) is 0 Å². The van der Waals surface area contributed by atoms with Crippen molar-refractivity contribution in [3.8, 4) is 0 Å². The van der Waals surface area contributed by atoms with Crippen molar-refractivity contribution in [1.29, 1.82) is 0 Å². The summed E-state index contributed by atoms with van der Waals surface area (Å²) < 4.78 is 0.816. The van der Waals surface area contributed by atoms with Crippen LogP contribution in [0.4, 0.5) is 11.8 Å². The summed E-state index contributed by atoms with van der Waals surface area (Å²) in [7, 11) is 1.95. The van der Waals surface area contributed by atoms with Gasteiger partial charge in [0.2, 0.25) is 5.95 Å². The molecule has 96 valence electrons. The SMILES string of the molecule is Cc1nc(CN(C)c2nc(NN)ncc2Br)cs1. The van der Waals surface area contributed by atoms with Gasteiger partial charge in [0.05, 0.1) is 21.7 Å². The topological polar surface area (TPSA) is 80.0 Å². The van der Waals surface area contributed by atoms with Crippen molar-refractivity contribution in [3.05, 3.63) is 26.8 Å². The number of hydrazine groups is 1. The average Bonchev–Trinajstić information content (AvgIpc) is 2.75. The lowest BCUT2D eigenvalue weighted by atomic mass is 10.4. The fraction of sp³-hybridized carbons (Fsp3) is 0.300. The van der Waals surface area contributed by atoms with Crippen LogP contribution in [0.1, 0.15) is 10.7 Å². The summed E-state index contributed by atoms with van der Waals surface area (Å²) in [6.45, 7) is 2.68. The number of hydrogen-bond donors (Lipinski definition) is 2. The Morgan fingerprint density at radius 1 is 1.50 bits per heavy atom. The lowest BCUT2D eigenvalue weighted by Crippen LogP contribution is -2.20. The van der Waals surface area contributed by atoms with Crippen molar-refractivity contribution in [2.75, 3.05) is 17.4 Å². The maximum Gasteiger partial charge on any atom is 0.239 e. The monoisotopic (exact) mass is 328 g/mol. The molecule has 0 bridgehead atoms. The summed E-state index contributed by atoms with van der Waals surface area (Å²) in [6, 6.07) is 0. The van der Waals surface area contributed by atoms with E-state index in [1.807, 2.05) is 24.3 Å². The molecular formula is C10H13BrN6S. The van der Waals surface area contributed by atoms with Crippen molar-refractivity contribution < 1.29 is 0 Å². The van der Waals surface area contributed by atoms with Gasteiger partial charge in [0.25, 0.3) is 0 Å². The molecule has 0 spiro atoms. The maximum absolute atomic E-state index is 5.31. The third kappa shape index (κ3) is 2.95. The molecule has 0 aliphatic heterocycles. The van der Waals surface area contributed by atoms with Gasteiger partial charge in [-0.2, -0.15) is 4.98 Å². The van der Waals surface area contributed by atoms with Gasteiger partial charge in [0, 0.05) is 18.6 Å². The summed E-state index contributed by atoms with van der Waals surface area (Å²) in [5.74, 6) is 6.46. The minimum Gasteiger partial charge on any atom is -0.353 e. The van der Waals surface area contributed by atoms with Gasteiger partial charge in [-0.15, -0.1) is 11.3 Å². The first-order chi connectivity index (χ1) is 8.60. The predicted molar refractivity (Wildman–Crippen MR) is 76.5 cm³/mol. The fourth-order valence-electron chi connectivity index (χ4n) is 1.49. The highest BCUT2D eigenvalue weighted by Crippen LogP contribution is 2.24. The Labute approximate surface area is 117 Å². The van der Waals surface area contributed by atoms with Crippen LogP contribution in [-0.2, 0) is 6.54 Å². The quantitative estimate of drug-likeness (QED) is 0.659. The second kappa shape index (κ2) is 5.59. The van der Waals surface area contributed by atoms with Gasteiger partial charge in [-0.3, -0.25) is 5.43 Å². The van der Waals surface area contributed by atoms with Crippen LogP contribution in [0.15, 0.2) is 16.0 Å². The lowest BCUT2D eigenvalue weighted by molar-refractivity contribution is 0.861. The number of halogens is 1. The zero-order valence-corrected chi connectivity index (χ0v) is 12.4. The van der Waals surface area contributed by atoms with Crippen LogP contribution >= 0.6 is 27.3 Å². The van der Waals surface area contributed by atoms with Gasteiger partial charge >= 0.3 is 0 Å². The maximum atomic E-state index is 5.31. The second-order valence-electron chi connectivity index (χ2n) is 3.72. The molecule has 2 aromatic heterocycles. The van der Waals surface area contributed by atoms with Crippen LogP contribution in [0.25, 0.3) is 0 Å². The molecule has 0 atom stereocenters. The summed E-state index contributed by atoms with van der Waals surface area (Å²) in [5, 5.41) is 3.10. The highest BCUT2D eigenvalue weighted by Gasteiger charge is 2.11. The zero-order valence-electron chi connectivity index (χ0n) is 10.0. The van der Waals surface area contributed by atoms with Crippen molar-refractivity contribution in [2.24, 2.45) is 5.84 Å². The Morgan fingerprint density at radius 2 is 2.28 bits per heavy atom. The molecular weight excluding hydrogens is 316 g/mol. The molecule has 18 heavy (non-hydrogen) atoms. The largest absolute Gasteiger partial charge is 0.353 e. The first-order valence-electron chi connectivity index (χ1n) is 5.21. The van der Waals surface area contributed by atoms with E-state index in [2.05, 4.69) is 36.3 Å².